The Morgan fingerprint density at radius 1 is 1.25 bits per heavy atom. The second kappa shape index (κ2) is 4.45. The molecule has 0 saturated heterocycles. The van der Waals surface area contributed by atoms with E-state index in [0.29, 0.717) is 12.0 Å². The van der Waals surface area contributed by atoms with Crippen LogP contribution in [0.25, 0.3) is 11.1 Å². The van der Waals surface area contributed by atoms with Gasteiger partial charge < -0.3 is 10.2 Å². The van der Waals surface area contributed by atoms with Crippen LogP contribution in [-0.4, -0.2) is 15.5 Å². The Balaban J connectivity index is 1.98. The number of hydrogen-bond donors (Lipinski definition) is 3. The summed E-state index contributed by atoms with van der Waals surface area (Å²) in [7, 11) is 0. The summed E-state index contributed by atoms with van der Waals surface area (Å²) < 4.78 is 4.87. The molecule has 1 aliphatic rings. The molecule has 7 heteroatoms. The Kier molecular flexibility index (Phi) is 2.86. The number of rotatable bonds is 4. The third kappa shape index (κ3) is 2.44. The van der Waals surface area contributed by atoms with Crippen molar-refractivity contribution in [2.75, 3.05) is 0 Å². The summed E-state index contributed by atoms with van der Waals surface area (Å²) in [5, 5.41) is 0.228. The molecule has 7 nitrogen and oxygen atoms in total. The average molecular weight is 277 g/mol. The smallest absolute Gasteiger partial charge is 0.337 e. The summed E-state index contributed by atoms with van der Waals surface area (Å²) >= 11 is 0. The van der Waals surface area contributed by atoms with Crippen molar-refractivity contribution in [1.29, 1.82) is 0 Å². The highest BCUT2D eigenvalue weighted by molar-refractivity contribution is 5.75. The third-order valence-electron chi connectivity index (χ3n) is 3.74. The first-order valence-electron chi connectivity index (χ1n) is 6.55. The van der Waals surface area contributed by atoms with E-state index < -0.39 is 16.9 Å². The lowest BCUT2D eigenvalue weighted by atomic mass is 10.0. The van der Waals surface area contributed by atoms with E-state index >= 15 is 0 Å². The monoisotopic (exact) mass is 277 g/mol. The number of fused-ring (bicyclic) bond motifs is 1. The highest BCUT2D eigenvalue weighted by atomic mass is 16.4. The van der Waals surface area contributed by atoms with Crippen molar-refractivity contribution in [3.8, 4) is 0 Å². The number of nitrogens with one attached hydrogen (secondary N) is 2. The fourth-order valence-corrected chi connectivity index (χ4v) is 2.42. The minimum atomic E-state index is -0.693. The lowest BCUT2D eigenvalue weighted by Gasteiger charge is -2.08. The predicted octanol–water partition coefficient (Wildman–Crippen LogP) is -0.0164. The Hall–Kier alpha value is -2.15. The molecule has 106 valence electrons. The van der Waals surface area contributed by atoms with E-state index in [1.165, 1.54) is 6.07 Å². The van der Waals surface area contributed by atoms with Gasteiger partial charge in [-0.05, 0) is 37.7 Å². The fourth-order valence-electron chi connectivity index (χ4n) is 2.42. The molecule has 1 saturated carbocycles. The predicted molar refractivity (Wildman–Crippen MR) is 72.8 cm³/mol. The van der Waals surface area contributed by atoms with Crippen LogP contribution < -0.4 is 22.6 Å². The van der Waals surface area contributed by atoms with Gasteiger partial charge >= 0.3 is 11.3 Å². The van der Waals surface area contributed by atoms with Crippen molar-refractivity contribution < 1.29 is 4.42 Å². The van der Waals surface area contributed by atoms with Crippen LogP contribution in [0.1, 0.15) is 31.2 Å². The Morgan fingerprint density at radius 2 is 2.00 bits per heavy atom. The van der Waals surface area contributed by atoms with Gasteiger partial charge in [0.05, 0.1) is 0 Å². The van der Waals surface area contributed by atoms with Gasteiger partial charge in [0.2, 0.25) is 5.71 Å². The molecule has 0 aromatic carbocycles. The molecule has 4 N–H and O–H groups in total. The molecular formula is C13H15N3O4. The van der Waals surface area contributed by atoms with Crippen LogP contribution in [0, 0.1) is 0 Å². The van der Waals surface area contributed by atoms with Crippen LogP contribution in [0.15, 0.2) is 24.9 Å². The summed E-state index contributed by atoms with van der Waals surface area (Å²) in [5.41, 5.74) is 4.64. The molecular weight excluding hydrogens is 262 g/mol. The van der Waals surface area contributed by atoms with Crippen molar-refractivity contribution in [1.82, 2.24) is 9.97 Å². The third-order valence-corrected chi connectivity index (χ3v) is 3.74. The molecule has 0 amide bonds. The summed E-state index contributed by atoms with van der Waals surface area (Å²) in [6.07, 6.45) is 4.25. The number of nitrogens with two attached hydrogens (primary N) is 1. The number of hydrogen-bond acceptors (Lipinski definition) is 5. The van der Waals surface area contributed by atoms with E-state index in [4.69, 9.17) is 10.2 Å². The van der Waals surface area contributed by atoms with Gasteiger partial charge in [-0.2, -0.15) is 0 Å². The van der Waals surface area contributed by atoms with Gasteiger partial charge in [0.25, 0.3) is 5.56 Å². The van der Waals surface area contributed by atoms with E-state index in [0.717, 1.165) is 25.7 Å². The van der Waals surface area contributed by atoms with Crippen molar-refractivity contribution >= 4 is 11.1 Å². The molecule has 3 rings (SSSR count). The first-order chi connectivity index (χ1) is 9.47. The number of aromatic nitrogens is 2. The van der Waals surface area contributed by atoms with E-state index in [9.17, 15) is 14.4 Å². The average Bonchev–Trinajstić information content (AvgIpc) is 3.05. The van der Waals surface area contributed by atoms with Crippen molar-refractivity contribution in [3.05, 3.63) is 42.9 Å². The highest BCUT2D eigenvalue weighted by Crippen LogP contribution is 2.36. The van der Waals surface area contributed by atoms with Gasteiger partial charge in [-0.1, -0.05) is 0 Å². The SMILES string of the molecule is NC1(CCCc2cc(=O)oc3[nH]c(=O)[nH]c(=O)c23)CC1. The first-order valence-corrected chi connectivity index (χ1v) is 6.55. The summed E-state index contributed by atoms with van der Waals surface area (Å²) in [5.74, 6) is 0. The van der Waals surface area contributed by atoms with E-state index in [2.05, 4.69) is 9.97 Å². The number of H-pyrrole nitrogens is 2. The first kappa shape index (κ1) is 12.9. The van der Waals surface area contributed by atoms with Crippen molar-refractivity contribution in [2.24, 2.45) is 5.73 Å². The largest absolute Gasteiger partial charge is 0.405 e. The van der Waals surface area contributed by atoms with E-state index in [1.807, 2.05) is 0 Å². The number of aromatic amines is 2. The molecule has 0 bridgehead atoms. The Morgan fingerprint density at radius 3 is 2.70 bits per heavy atom. The molecule has 1 fully saturated rings. The van der Waals surface area contributed by atoms with Crippen LogP contribution >= 0.6 is 0 Å². The van der Waals surface area contributed by atoms with Gasteiger partial charge in [-0.3, -0.25) is 14.8 Å². The molecule has 0 spiro atoms. The number of aryl methyl sites for hydroxylation is 1. The fraction of sp³-hybridized carbons (Fsp3) is 0.462. The maximum atomic E-state index is 11.8. The van der Waals surface area contributed by atoms with Crippen molar-refractivity contribution in [2.45, 2.75) is 37.6 Å². The van der Waals surface area contributed by atoms with Gasteiger partial charge in [0, 0.05) is 11.6 Å². The Bertz CT molecular complexity index is 821. The summed E-state index contributed by atoms with van der Waals surface area (Å²) in [6, 6.07) is 1.30. The highest BCUT2D eigenvalue weighted by Gasteiger charge is 2.37. The normalized spacial score (nSPS) is 16.4. The molecule has 0 radical (unpaired) electrons. The quantitative estimate of drug-likeness (QED) is 0.725. The zero-order chi connectivity index (χ0) is 14.3. The second-order valence-electron chi connectivity index (χ2n) is 5.42. The summed E-state index contributed by atoms with van der Waals surface area (Å²) in [6.45, 7) is 0. The van der Waals surface area contributed by atoms with Crippen LogP contribution in [0.5, 0.6) is 0 Å². The van der Waals surface area contributed by atoms with Crippen LogP contribution in [0.2, 0.25) is 0 Å². The Labute approximate surface area is 112 Å². The van der Waals surface area contributed by atoms with Gasteiger partial charge in [0.15, 0.2) is 0 Å². The molecule has 0 atom stereocenters. The summed E-state index contributed by atoms with van der Waals surface area (Å²) in [4.78, 5) is 39.0. The van der Waals surface area contributed by atoms with Crippen molar-refractivity contribution in [3.63, 3.8) is 0 Å². The van der Waals surface area contributed by atoms with Gasteiger partial charge in [-0.25, -0.2) is 9.59 Å². The molecule has 1 aliphatic carbocycles. The lowest BCUT2D eigenvalue weighted by molar-refractivity contribution is 0.540. The second-order valence-corrected chi connectivity index (χ2v) is 5.42. The van der Waals surface area contributed by atoms with Crippen LogP contribution in [0.4, 0.5) is 0 Å². The maximum absolute atomic E-state index is 11.8. The zero-order valence-electron chi connectivity index (χ0n) is 10.8. The van der Waals surface area contributed by atoms with E-state index in [-0.39, 0.29) is 16.6 Å². The van der Waals surface area contributed by atoms with Crippen LogP contribution in [0.3, 0.4) is 0 Å². The molecule has 0 aliphatic heterocycles. The molecule has 2 heterocycles. The maximum Gasteiger partial charge on any atom is 0.337 e. The van der Waals surface area contributed by atoms with E-state index in [1.54, 1.807) is 0 Å². The zero-order valence-corrected chi connectivity index (χ0v) is 10.8. The van der Waals surface area contributed by atoms with Gasteiger partial charge in [0.1, 0.15) is 5.39 Å². The molecule has 2 aromatic heterocycles. The molecule has 2 aromatic rings. The standard InChI is InChI=1S/C13H15N3O4/c14-13(4-5-13)3-1-2-7-6-8(17)20-11-9(7)10(18)15-12(19)16-11/h6H,1-5,14H2,(H2,15,16,18,19). The topological polar surface area (TPSA) is 122 Å². The van der Waals surface area contributed by atoms with Crippen LogP contribution in [-0.2, 0) is 6.42 Å². The minimum absolute atomic E-state index is 0.0595. The van der Waals surface area contributed by atoms with Gasteiger partial charge in [-0.15, -0.1) is 0 Å². The molecule has 0 unspecified atom stereocenters. The molecule has 20 heavy (non-hydrogen) atoms. The lowest BCUT2D eigenvalue weighted by Crippen LogP contribution is -2.24. The minimum Gasteiger partial charge on any atom is -0.405 e.